The van der Waals surface area contributed by atoms with E-state index in [0.29, 0.717) is 0 Å². The highest BCUT2D eigenvalue weighted by molar-refractivity contribution is 5.07. The lowest BCUT2D eigenvalue weighted by atomic mass is 9.70. The average molecular weight is 218 g/mol. The Hall–Kier alpha value is -1.37. The first-order valence-electron chi connectivity index (χ1n) is 5.89. The van der Waals surface area contributed by atoms with Gasteiger partial charge in [-0.2, -0.15) is 10.4 Å². The molecule has 1 aromatic heterocycles. The molecule has 2 rings (SSSR count). The molecular formula is C12H18N4. The number of rotatable bonds is 2. The second-order valence-electron chi connectivity index (χ2n) is 5.05. The van der Waals surface area contributed by atoms with Gasteiger partial charge in [0.25, 0.3) is 0 Å². The van der Waals surface area contributed by atoms with Gasteiger partial charge in [0.05, 0.1) is 11.5 Å². The van der Waals surface area contributed by atoms with Gasteiger partial charge in [0.2, 0.25) is 0 Å². The highest BCUT2D eigenvalue weighted by atomic mass is 15.3. The van der Waals surface area contributed by atoms with E-state index in [0.717, 1.165) is 43.8 Å². The third kappa shape index (κ3) is 2.08. The number of aryl methyl sites for hydroxylation is 1. The maximum Gasteiger partial charge on any atom is 0.138 e. The van der Waals surface area contributed by atoms with Crippen LogP contribution in [0.5, 0.6) is 0 Å². The molecule has 1 saturated carbocycles. The molecule has 16 heavy (non-hydrogen) atoms. The maximum atomic E-state index is 9.41. The molecule has 0 amide bonds. The van der Waals surface area contributed by atoms with Gasteiger partial charge in [-0.25, -0.2) is 4.98 Å². The fourth-order valence-corrected chi connectivity index (χ4v) is 2.43. The molecule has 0 radical (unpaired) electrons. The molecule has 0 spiro atoms. The quantitative estimate of drug-likeness (QED) is 0.763. The molecular weight excluding hydrogens is 200 g/mol. The zero-order valence-electron chi connectivity index (χ0n) is 9.98. The molecule has 0 saturated heterocycles. The zero-order valence-corrected chi connectivity index (χ0v) is 9.98. The summed E-state index contributed by atoms with van der Waals surface area (Å²) >= 11 is 0. The van der Waals surface area contributed by atoms with Gasteiger partial charge < -0.3 is 0 Å². The number of nitriles is 1. The van der Waals surface area contributed by atoms with Gasteiger partial charge in [0.15, 0.2) is 0 Å². The first kappa shape index (κ1) is 11.1. The van der Waals surface area contributed by atoms with E-state index in [-0.39, 0.29) is 5.41 Å². The minimum Gasteiger partial charge on any atom is -0.253 e. The van der Waals surface area contributed by atoms with Crippen LogP contribution in [0.3, 0.4) is 0 Å². The van der Waals surface area contributed by atoms with Gasteiger partial charge in [-0.3, -0.25) is 4.68 Å². The Morgan fingerprint density at radius 3 is 2.75 bits per heavy atom. The van der Waals surface area contributed by atoms with Gasteiger partial charge in [-0.15, -0.1) is 0 Å². The Morgan fingerprint density at radius 2 is 2.25 bits per heavy atom. The summed E-state index contributed by atoms with van der Waals surface area (Å²) in [6, 6.07) is 2.52. The summed E-state index contributed by atoms with van der Waals surface area (Å²) in [6.07, 6.45) is 6.62. The molecule has 1 aromatic rings. The van der Waals surface area contributed by atoms with Crippen molar-refractivity contribution in [2.45, 2.75) is 39.0 Å². The third-order valence-electron chi connectivity index (χ3n) is 3.77. The van der Waals surface area contributed by atoms with Gasteiger partial charge >= 0.3 is 0 Å². The Bertz CT molecular complexity index is 393. The van der Waals surface area contributed by atoms with E-state index in [9.17, 15) is 5.26 Å². The van der Waals surface area contributed by atoms with Crippen molar-refractivity contribution in [2.75, 3.05) is 0 Å². The average Bonchev–Trinajstić information content (AvgIpc) is 2.68. The van der Waals surface area contributed by atoms with Gasteiger partial charge in [0.1, 0.15) is 12.2 Å². The monoisotopic (exact) mass is 218 g/mol. The standard InChI is InChI=1S/C12H18N4/c1-10-3-5-12(8-13,6-4-10)7-11-14-9-15-16(11)2/h9-10H,3-7H2,1-2H3. The molecule has 86 valence electrons. The Morgan fingerprint density at radius 1 is 1.56 bits per heavy atom. The predicted octanol–water partition coefficient (Wildman–Crippen LogP) is 2.08. The lowest BCUT2D eigenvalue weighted by molar-refractivity contribution is 0.214. The number of hydrogen-bond acceptors (Lipinski definition) is 3. The molecule has 0 aliphatic heterocycles. The van der Waals surface area contributed by atoms with Crippen LogP contribution in [-0.4, -0.2) is 14.8 Å². The molecule has 4 nitrogen and oxygen atoms in total. The van der Waals surface area contributed by atoms with Crippen molar-refractivity contribution in [1.29, 1.82) is 5.26 Å². The number of hydrogen-bond donors (Lipinski definition) is 0. The van der Waals surface area contributed by atoms with Crippen LogP contribution in [0.15, 0.2) is 6.33 Å². The fourth-order valence-electron chi connectivity index (χ4n) is 2.43. The summed E-state index contributed by atoms with van der Waals surface area (Å²) < 4.78 is 1.77. The van der Waals surface area contributed by atoms with Crippen molar-refractivity contribution in [2.24, 2.45) is 18.4 Å². The SMILES string of the molecule is CC1CCC(C#N)(Cc2ncnn2C)CC1. The molecule has 0 N–H and O–H groups in total. The van der Waals surface area contributed by atoms with Crippen molar-refractivity contribution < 1.29 is 0 Å². The van der Waals surface area contributed by atoms with E-state index >= 15 is 0 Å². The lowest BCUT2D eigenvalue weighted by Gasteiger charge is -2.33. The first-order valence-corrected chi connectivity index (χ1v) is 5.89. The molecule has 1 aliphatic carbocycles. The minimum atomic E-state index is -0.201. The van der Waals surface area contributed by atoms with E-state index in [2.05, 4.69) is 23.1 Å². The van der Waals surface area contributed by atoms with Gasteiger partial charge in [-0.05, 0) is 31.6 Å². The Kier molecular flexibility index (Phi) is 2.95. The Balaban J connectivity index is 2.12. The summed E-state index contributed by atoms with van der Waals surface area (Å²) in [5.74, 6) is 1.69. The molecule has 1 fully saturated rings. The third-order valence-corrected chi connectivity index (χ3v) is 3.77. The van der Waals surface area contributed by atoms with Gasteiger partial charge in [-0.1, -0.05) is 6.92 Å². The van der Waals surface area contributed by atoms with Crippen LogP contribution in [0.4, 0.5) is 0 Å². The van der Waals surface area contributed by atoms with Crippen LogP contribution in [0.2, 0.25) is 0 Å². The molecule has 0 unspecified atom stereocenters. The summed E-state index contributed by atoms with van der Waals surface area (Å²) in [6.45, 7) is 2.27. The number of aromatic nitrogens is 3. The summed E-state index contributed by atoms with van der Waals surface area (Å²) in [5, 5.41) is 13.5. The topological polar surface area (TPSA) is 54.5 Å². The van der Waals surface area contributed by atoms with Crippen molar-refractivity contribution in [3.05, 3.63) is 12.2 Å². The van der Waals surface area contributed by atoms with Crippen LogP contribution in [0, 0.1) is 22.7 Å². The minimum absolute atomic E-state index is 0.201. The molecule has 4 heteroatoms. The highest BCUT2D eigenvalue weighted by Crippen LogP contribution is 2.40. The first-order chi connectivity index (χ1) is 7.65. The second kappa shape index (κ2) is 4.25. The highest BCUT2D eigenvalue weighted by Gasteiger charge is 2.35. The normalized spacial score (nSPS) is 29.9. The largest absolute Gasteiger partial charge is 0.253 e. The molecule has 0 atom stereocenters. The van der Waals surface area contributed by atoms with Crippen molar-refractivity contribution in [3.63, 3.8) is 0 Å². The zero-order chi connectivity index (χ0) is 11.6. The van der Waals surface area contributed by atoms with Crippen LogP contribution >= 0.6 is 0 Å². The van der Waals surface area contributed by atoms with Crippen LogP contribution in [-0.2, 0) is 13.5 Å². The number of nitrogens with zero attached hydrogens (tertiary/aromatic N) is 4. The van der Waals surface area contributed by atoms with Crippen LogP contribution < -0.4 is 0 Å². The molecule has 1 heterocycles. The second-order valence-corrected chi connectivity index (χ2v) is 5.05. The fraction of sp³-hybridized carbons (Fsp3) is 0.750. The van der Waals surface area contributed by atoms with Crippen molar-refractivity contribution in [1.82, 2.24) is 14.8 Å². The van der Waals surface area contributed by atoms with Crippen LogP contribution in [0.25, 0.3) is 0 Å². The molecule has 1 aliphatic rings. The Labute approximate surface area is 96.3 Å². The van der Waals surface area contributed by atoms with Crippen molar-refractivity contribution >= 4 is 0 Å². The molecule has 0 bridgehead atoms. The van der Waals surface area contributed by atoms with E-state index < -0.39 is 0 Å². The van der Waals surface area contributed by atoms with E-state index in [1.165, 1.54) is 0 Å². The van der Waals surface area contributed by atoms with E-state index in [1.54, 1.807) is 11.0 Å². The van der Waals surface area contributed by atoms with Crippen LogP contribution in [0.1, 0.15) is 38.4 Å². The molecule has 0 aromatic carbocycles. The maximum absolute atomic E-state index is 9.41. The summed E-state index contributed by atoms with van der Waals surface area (Å²) in [4.78, 5) is 4.22. The van der Waals surface area contributed by atoms with E-state index in [4.69, 9.17) is 0 Å². The van der Waals surface area contributed by atoms with E-state index in [1.807, 2.05) is 7.05 Å². The smallest absolute Gasteiger partial charge is 0.138 e. The summed E-state index contributed by atoms with van der Waals surface area (Å²) in [7, 11) is 1.89. The summed E-state index contributed by atoms with van der Waals surface area (Å²) in [5.41, 5.74) is -0.201. The lowest BCUT2D eigenvalue weighted by Crippen LogP contribution is -2.28. The predicted molar refractivity (Wildman–Crippen MR) is 60.4 cm³/mol. The van der Waals surface area contributed by atoms with Crippen molar-refractivity contribution in [3.8, 4) is 6.07 Å². The van der Waals surface area contributed by atoms with Gasteiger partial charge in [0, 0.05) is 13.5 Å².